The number of nitrogens with one attached hydrogen (secondary N) is 1. The minimum Gasteiger partial charge on any atom is -0.370 e. The number of hydrogen-bond donors (Lipinski definition) is 1. The van der Waals surface area contributed by atoms with E-state index in [0.29, 0.717) is 0 Å². The second-order valence-electron chi connectivity index (χ2n) is 5.23. The maximum absolute atomic E-state index is 5.82. The Morgan fingerprint density at radius 1 is 1.31 bits per heavy atom. The number of ether oxygens (including phenoxy) is 1. The average molecular weight is 184 g/mol. The first-order valence-corrected chi connectivity index (χ1v) is 5.12. The molecule has 3 nitrogen and oxygen atoms in total. The van der Waals surface area contributed by atoms with Gasteiger partial charge in [0, 0.05) is 31.7 Å². The Kier molecular flexibility index (Phi) is 2.13. The lowest BCUT2D eigenvalue weighted by atomic mass is 9.92. The quantitative estimate of drug-likeness (QED) is 0.592. The fourth-order valence-corrected chi connectivity index (χ4v) is 2.04. The molecule has 2 aliphatic rings. The molecule has 3 heteroatoms. The summed E-state index contributed by atoms with van der Waals surface area (Å²) in [5.41, 5.74) is 0.428. The topological polar surface area (TPSA) is 24.5 Å². The zero-order valence-corrected chi connectivity index (χ0v) is 8.89. The van der Waals surface area contributed by atoms with Crippen molar-refractivity contribution in [3.63, 3.8) is 0 Å². The molecule has 2 heterocycles. The molecule has 0 aromatic rings. The number of hydrogen-bond acceptors (Lipinski definition) is 3. The molecule has 0 amide bonds. The van der Waals surface area contributed by atoms with Gasteiger partial charge in [0.05, 0.1) is 6.61 Å². The smallest absolute Gasteiger partial charge is 0.106 e. The van der Waals surface area contributed by atoms with Gasteiger partial charge in [-0.2, -0.15) is 0 Å². The van der Waals surface area contributed by atoms with Crippen molar-refractivity contribution in [1.29, 1.82) is 0 Å². The van der Waals surface area contributed by atoms with Crippen LogP contribution in [0.5, 0.6) is 0 Å². The van der Waals surface area contributed by atoms with Crippen LogP contribution in [0.4, 0.5) is 0 Å². The molecule has 0 aromatic carbocycles. The molecule has 1 spiro atoms. The van der Waals surface area contributed by atoms with Crippen LogP contribution < -0.4 is 5.32 Å². The first kappa shape index (κ1) is 9.44. The monoisotopic (exact) mass is 184 g/mol. The number of nitrogens with zero attached hydrogens (tertiary/aromatic N) is 1. The minimum absolute atomic E-state index is 0.144. The van der Waals surface area contributed by atoms with E-state index in [1.54, 1.807) is 0 Å². The van der Waals surface area contributed by atoms with E-state index in [1.807, 2.05) is 0 Å². The van der Waals surface area contributed by atoms with Gasteiger partial charge in [-0.15, -0.1) is 0 Å². The molecular formula is C10H20N2O. The highest BCUT2D eigenvalue weighted by Gasteiger charge is 2.44. The molecule has 0 aromatic heterocycles. The van der Waals surface area contributed by atoms with Gasteiger partial charge in [0.1, 0.15) is 5.60 Å². The Hall–Kier alpha value is -0.120. The van der Waals surface area contributed by atoms with Crippen LogP contribution in [-0.2, 0) is 4.74 Å². The van der Waals surface area contributed by atoms with Crippen molar-refractivity contribution < 1.29 is 4.74 Å². The van der Waals surface area contributed by atoms with E-state index in [0.717, 1.165) is 32.8 Å². The molecule has 0 aliphatic carbocycles. The van der Waals surface area contributed by atoms with Gasteiger partial charge in [-0.1, -0.05) is 0 Å². The molecule has 2 rings (SSSR count). The largest absolute Gasteiger partial charge is 0.370 e. The summed E-state index contributed by atoms with van der Waals surface area (Å²) in [6, 6.07) is 0. The van der Waals surface area contributed by atoms with Gasteiger partial charge in [0.15, 0.2) is 0 Å². The van der Waals surface area contributed by atoms with E-state index in [2.05, 4.69) is 31.0 Å². The predicted octanol–water partition coefficient (Wildman–Crippen LogP) is 0.459. The molecule has 0 radical (unpaired) electrons. The highest BCUT2D eigenvalue weighted by Crippen LogP contribution is 2.26. The fraction of sp³-hybridized carbons (Fsp3) is 1.00. The van der Waals surface area contributed by atoms with E-state index < -0.39 is 0 Å². The molecule has 0 saturated carbocycles. The predicted molar refractivity (Wildman–Crippen MR) is 52.9 cm³/mol. The van der Waals surface area contributed by atoms with Crippen LogP contribution in [0, 0.1) is 0 Å². The van der Waals surface area contributed by atoms with Crippen LogP contribution in [0.1, 0.15) is 20.8 Å². The first-order chi connectivity index (χ1) is 6.02. The second kappa shape index (κ2) is 2.94. The summed E-state index contributed by atoms with van der Waals surface area (Å²) in [5.74, 6) is 0. The Morgan fingerprint density at radius 2 is 2.00 bits per heavy atom. The van der Waals surface area contributed by atoms with Crippen LogP contribution in [0.25, 0.3) is 0 Å². The Labute approximate surface area is 80.4 Å². The maximum atomic E-state index is 5.82. The van der Waals surface area contributed by atoms with Crippen LogP contribution >= 0.6 is 0 Å². The molecule has 76 valence electrons. The van der Waals surface area contributed by atoms with Crippen molar-refractivity contribution in [2.24, 2.45) is 0 Å². The zero-order chi connectivity index (χ0) is 9.53. The van der Waals surface area contributed by atoms with Crippen LogP contribution in [-0.4, -0.2) is 48.8 Å². The lowest BCUT2D eigenvalue weighted by molar-refractivity contribution is -0.151. The molecule has 13 heavy (non-hydrogen) atoms. The molecule has 0 bridgehead atoms. The van der Waals surface area contributed by atoms with Crippen molar-refractivity contribution in [3.05, 3.63) is 0 Å². The Bertz CT molecular complexity index is 194. The summed E-state index contributed by atoms with van der Waals surface area (Å²) < 4.78 is 5.82. The van der Waals surface area contributed by atoms with Crippen molar-refractivity contribution in [3.8, 4) is 0 Å². The van der Waals surface area contributed by atoms with Crippen LogP contribution in [0.15, 0.2) is 0 Å². The van der Waals surface area contributed by atoms with Gasteiger partial charge in [-0.25, -0.2) is 0 Å². The minimum atomic E-state index is 0.144. The van der Waals surface area contributed by atoms with E-state index in [-0.39, 0.29) is 11.1 Å². The maximum Gasteiger partial charge on any atom is 0.106 e. The second-order valence-corrected chi connectivity index (χ2v) is 5.23. The van der Waals surface area contributed by atoms with Gasteiger partial charge in [0.2, 0.25) is 0 Å². The van der Waals surface area contributed by atoms with Crippen molar-refractivity contribution in [2.75, 3.05) is 32.8 Å². The molecule has 2 fully saturated rings. The molecule has 2 saturated heterocycles. The summed E-state index contributed by atoms with van der Waals surface area (Å²) >= 11 is 0. The van der Waals surface area contributed by atoms with Crippen molar-refractivity contribution >= 4 is 0 Å². The molecular weight excluding hydrogens is 164 g/mol. The molecule has 0 unspecified atom stereocenters. The van der Waals surface area contributed by atoms with Gasteiger partial charge >= 0.3 is 0 Å². The third kappa shape index (κ3) is 1.73. The number of morpholine rings is 1. The van der Waals surface area contributed by atoms with Gasteiger partial charge in [-0.05, 0) is 20.8 Å². The summed E-state index contributed by atoms with van der Waals surface area (Å²) in [4.78, 5) is 2.53. The van der Waals surface area contributed by atoms with Crippen molar-refractivity contribution in [1.82, 2.24) is 10.2 Å². The first-order valence-electron chi connectivity index (χ1n) is 5.12. The van der Waals surface area contributed by atoms with E-state index in [1.165, 1.54) is 0 Å². The summed E-state index contributed by atoms with van der Waals surface area (Å²) in [7, 11) is 0. The molecule has 0 atom stereocenters. The van der Waals surface area contributed by atoms with Crippen molar-refractivity contribution in [2.45, 2.75) is 31.9 Å². The summed E-state index contributed by atoms with van der Waals surface area (Å²) in [6.07, 6.45) is 0. The van der Waals surface area contributed by atoms with E-state index in [9.17, 15) is 0 Å². The molecule has 2 aliphatic heterocycles. The Balaban J connectivity index is 2.00. The standard InChI is InChI=1S/C10H20N2O/c1-9(2,3)12-4-5-13-10(8-12)6-11-7-10/h11H,4-8H2,1-3H3. The lowest BCUT2D eigenvalue weighted by Gasteiger charge is -2.52. The number of rotatable bonds is 0. The van der Waals surface area contributed by atoms with Crippen LogP contribution in [0.3, 0.4) is 0 Å². The third-order valence-electron chi connectivity index (χ3n) is 3.09. The lowest BCUT2D eigenvalue weighted by Crippen LogP contribution is -2.70. The Morgan fingerprint density at radius 3 is 2.46 bits per heavy atom. The average Bonchev–Trinajstić information content (AvgIpc) is 2.00. The van der Waals surface area contributed by atoms with Gasteiger partial charge in [0.25, 0.3) is 0 Å². The van der Waals surface area contributed by atoms with E-state index >= 15 is 0 Å². The highest BCUT2D eigenvalue weighted by atomic mass is 16.5. The summed E-state index contributed by atoms with van der Waals surface area (Å²) in [6.45, 7) is 11.9. The third-order valence-corrected chi connectivity index (χ3v) is 3.09. The van der Waals surface area contributed by atoms with Crippen LogP contribution in [0.2, 0.25) is 0 Å². The zero-order valence-electron chi connectivity index (χ0n) is 8.89. The van der Waals surface area contributed by atoms with E-state index in [4.69, 9.17) is 4.74 Å². The fourth-order valence-electron chi connectivity index (χ4n) is 2.04. The summed E-state index contributed by atoms with van der Waals surface area (Å²) in [5, 5.41) is 3.29. The molecule has 1 N–H and O–H groups in total. The highest BCUT2D eigenvalue weighted by molar-refractivity contribution is 5.01. The SMILES string of the molecule is CC(C)(C)N1CCOC2(CNC2)C1. The van der Waals surface area contributed by atoms with Gasteiger partial charge in [-0.3, -0.25) is 4.90 Å². The van der Waals surface area contributed by atoms with Gasteiger partial charge < -0.3 is 10.1 Å². The normalized spacial score (nSPS) is 28.8.